The number of pyridine rings is 1. The van der Waals surface area contributed by atoms with Gasteiger partial charge < -0.3 is 4.98 Å². The lowest BCUT2D eigenvalue weighted by molar-refractivity contribution is 0.495. The number of nitrogens with zero attached hydrogens (tertiary/aromatic N) is 3. The monoisotopic (exact) mass is 342 g/mol. The smallest absolute Gasteiger partial charge is 0.162 e. The third-order valence-corrected chi connectivity index (χ3v) is 5.35. The molecule has 0 radical (unpaired) electrons. The van der Waals surface area contributed by atoms with Crippen molar-refractivity contribution in [3.05, 3.63) is 47.9 Å². The maximum absolute atomic E-state index is 10.2. The van der Waals surface area contributed by atoms with Crippen molar-refractivity contribution in [3.63, 3.8) is 0 Å². The molecule has 24 heavy (non-hydrogen) atoms. The molecule has 3 heterocycles. The third kappa shape index (κ3) is 2.21. The van der Waals surface area contributed by atoms with E-state index in [1.165, 1.54) is 6.26 Å². The van der Waals surface area contributed by atoms with Gasteiger partial charge in [-0.3, -0.25) is 13.5 Å². The molecule has 0 atom stereocenters. The molecule has 0 amide bonds. The highest BCUT2D eigenvalue weighted by molar-refractivity contribution is 8.23. The molecule has 0 saturated carbocycles. The second kappa shape index (κ2) is 5.07. The van der Waals surface area contributed by atoms with Gasteiger partial charge in [0.25, 0.3) is 0 Å². The molecular formula is C17H18N4O2S. The lowest BCUT2D eigenvalue weighted by Gasteiger charge is -2.29. The van der Waals surface area contributed by atoms with Crippen LogP contribution in [-0.2, 0) is 0 Å². The molecule has 0 spiro atoms. The van der Waals surface area contributed by atoms with E-state index in [9.17, 15) is 9.11 Å². The van der Waals surface area contributed by atoms with Crippen LogP contribution >= 0.6 is 10.6 Å². The number of aromatic nitrogens is 4. The number of hydrogen-bond acceptors (Lipinski definition) is 4. The summed E-state index contributed by atoms with van der Waals surface area (Å²) in [4.78, 5) is 3.91. The molecule has 3 aromatic heterocycles. The molecular weight excluding hydrogens is 324 g/mol. The normalized spacial score (nSPS) is 13.0. The molecule has 0 bridgehead atoms. The molecule has 7 heteroatoms. The second-order valence-electron chi connectivity index (χ2n) is 6.04. The van der Waals surface area contributed by atoms with Gasteiger partial charge in [-0.1, -0.05) is 18.2 Å². The van der Waals surface area contributed by atoms with Crippen molar-refractivity contribution in [1.82, 2.24) is 19.6 Å². The number of aromatic amines is 1. The first-order valence-electron chi connectivity index (χ1n) is 7.53. The van der Waals surface area contributed by atoms with Crippen LogP contribution in [0.5, 0.6) is 0 Å². The predicted octanol–water partition coefficient (Wildman–Crippen LogP) is 4.23. The van der Waals surface area contributed by atoms with Gasteiger partial charge in [0.05, 0.1) is 15.9 Å². The highest BCUT2D eigenvalue weighted by Crippen LogP contribution is 2.49. The first-order valence-corrected chi connectivity index (χ1v) is 9.48. The zero-order valence-electron chi connectivity index (χ0n) is 13.6. The summed E-state index contributed by atoms with van der Waals surface area (Å²) in [5.41, 5.74) is 5.33. The van der Waals surface area contributed by atoms with Crippen LogP contribution in [0.3, 0.4) is 0 Å². The molecule has 6 nitrogen and oxygen atoms in total. The fraction of sp³-hybridized carbons (Fsp3) is 0.176. The van der Waals surface area contributed by atoms with Crippen LogP contribution < -0.4 is 0 Å². The molecule has 0 saturated heterocycles. The fourth-order valence-corrected chi connectivity index (χ4v) is 4.10. The van der Waals surface area contributed by atoms with E-state index in [1.807, 2.05) is 42.5 Å². The van der Waals surface area contributed by atoms with E-state index in [-0.39, 0.29) is 0 Å². The molecule has 0 fully saturated rings. The highest BCUT2D eigenvalue weighted by atomic mass is 32.3. The van der Waals surface area contributed by atoms with Gasteiger partial charge in [0.2, 0.25) is 0 Å². The van der Waals surface area contributed by atoms with Crippen molar-refractivity contribution in [3.8, 4) is 11.1 Å². The number of benzene rings is 1. The number of rotatable bonds is 2. The van der Waals surface area contributed by atoms with Crippen LogP contribution in [0, 0.1) is 13.8 Å². The Hall–Kier alpha value is -2.35. The van der Waals surface area contributed by atoms with Crippen molar-refractivity contribution < 1.29 is 9.11 Å². The second-order valence-corrected chi connectivity index (χ2v) is 8.15. The first kappa shape index (κ1) is 15.2. The molecule has 0 unspecified atom stereocenters. The summed E-state index contributed by atoms with van der Waals surface area (Å²) >= 11 is 0. The topological polar surface area (TPSA) is 86.4 Å². The quantitative estimate of drug-likeness (QED) is 0.509. The van der Waals surface area contributed by atoms with Crippen molar-refractivity contribution in [2.75, 3.05) is 6.26 Å². The Morgan fingerprint density at radius 2 is 1.79 bits per heavy atom. The summed E-state index contributed by atoms with van der Waals surface area (Å²) in [5.74, 6) is 0.814. The summed E-state index contributed by atoms with van der Waals surface area (Å²) in [6.45, 7) is 3.91. The minimum absolute atomic E-state index is 0.527. The van der Waals surface area contributed by atoms with Gasteiger partial charge >= 0.3 is 0 Å². The zero-order chi connectivity index (χ0) is 17.1. The lowest BCUT2D eigenvalue weighted by atomic mass is 10.1. The van der Waals surface area contributed by atoms with E-state index < -0.39 is 10.6 Å². The van der Waals surface area contributed by atoms with E-state index >= 15 is 0 Å². The number of fused-ring (bicyclic) bond motifs is 3. The molecule has 0 aliphatic rings. The van der Waals surface area contributed by atoms with Gasteiger partial charge in [0.1, 0.15) is 5.82 Å². The maximum Gasteiger partial charge on any atom is 0.162 e. The van der Waals surface area contributed by atoms with Crippen LogP contribution in [0.25, 0.3) is 27.8 Å². The third-order valence-electron chi connectivity index (χ3n) is 4.16. The van der Waals surface area contributed by atoms with Crippen LogP contribution in [0.4, 0.5) is 0 Å². The van der Waals surface area contributed by atoms with Gasteiger partial charge in [0, 0.05) is 23.1 Å². The minimum atomic E-state index is -2.85. The fourth-order valence-electron chi connectivity index (χ4n) is 3.17. The Kier molecular flexibility index (Phi) is 3.21. The van der Waals surface area contributed by atoms with Gasteiger partial charge in [-0.25, -0.2) is 0 Å². The van der Waals surface area contributed by atoms with Crippen LogP contribution in [-0.4, -0.2) is 34.9 Å². The molecule has 0 aliphatic carbocycles. The Morgan fingerprint density at radius 3 is 2.54 bits per heavy atom. The van der Waals surface area contributed by atoms with E-state index in [1.54, 1.807) is 6.07 Å². The SMILES string of the molecule is Cc1cc2c([nH]1)c(-c1ccccc1S(C)(O)O)cc1nnc(C)n12. The first-order chi connectivity index (χ1) is 11.4. The van der Waals surface area contributed by atoms with Crippen LogP contribution in [0.15, 0.2) is 41.3 Å². The lowest BCUT2D eigenvalue weighted by Crippen LogP contribution is -1.99. The average Bonchev–Trinajstić information content (AvgIpc) is 3.08. The van der Waals surface area contributed by atoms with Gasteiger partial charge in [-0.05, 0) is 32.0 Å². The van der Waals surface area contributed by atoms with Gasteiger partial charge in [-0.2, -0.15) is 10.6 Å². The summed E-state index contributed by atoms with van der Waals surface area (Å²) < 4.78 is 22.4. The Morgan fingerprint density at radius 1 is 1.04 bits per heavy atom. The standard InChI is InChI=1S/C17H18N4O2S/c1-10-8-14-17(18-10)13(9-16-20-19-11(2)21(14)16)12-6-4-5-7-15(12)24(3,22)23/h4-9,18,22-23H,1-3H3. The maximum atomic E-state index is 10.2. The molecule has 1 aromatic carbocycles. The Bertz CT molecular complexity index is 1080. The molecule has 0 aliphatic heterocycles. The summed E-state index contributed by atoms with van der Waals surface area (Å²) in [7, 11) is -2.85. The predicted molar refractivity (Wildman–Crippen MR) is 96.8 cm³/mol. The van der Waals surface area contributed by atoms with Crippen molar-refractivity contribution >= 4 is 27.3 Å². The number of hydrogen-bond donors (Lipinski definition) is 3. The number of H-pyrrole nitrogens is 1. The molecule has 4 rings (SSSR count). The van der Waals surface area contributed by atoms with Crippen LogP contribution in [0.1, 0.15) is 11.5 Å². The Labute approximate surface area is 140 Å². The Balaban J connectivity index is 2.15. The van der Waals surface area contributed by atoms with E-state index in [2.05, 4.69) is 21.2 Å². The zero-order valence-corrected chi connectivity index (χ0v) is 14.4. The van der Waals surface area contributed by atoms with E-state index in [4.69, 9.17) is 0 Å². The summed E-state index contributed by atoms with van der Waals surface area (Å²) in [5, 5.41) is 8.40. The number of aryl methyl sites for hydroxylation is 2. The van der Waals surface area contributed by atoms with Gasteiger partial charge in [-0.15, -0.1) is 10.2 Å². The van der Waals surface area contributed by atoms with Crippen molar-refractivity contribution in [1.29, 1.82) is 0 Å². The highest BCUT2D eigenvalue weighted by Gasteiger charge is 2.19. The van der Waals surface area contributed by atoms with Gasteiger partial charge in [0.15, 0.2) is 5.65 Å². The van der Waals surface area contributed by atoms with Crippen LogP contribution in [0.2, 0.25) is 0 Å². The summed E-state index contributed by atoms with van der Waals surface area (Å²) in [6.07, 6.45) is 1.45. The van der Waals surface area contributed by atoms with Crippen molar-refractivity contribution in [2.24, 2.45) is 0 Å². The average molecular weight is 342 g/mol. The van der Waals surface area contributed by atoms with E-state index in [0.29, 0.717) is 4.90 Å². The van der Waals surface area contributed by atoms with E-state index in [0.717, 1.165) is 39.3 Å². The minimum Gasteiger partial charge on any atom is -0.357 e. The molecule has 124 valence electrons. The summed E-state index contributed by atoms with van der Waals surface area (Å²) in [6, 6.07) is 11.3. The van der Waals surface area contributed by atoms with Crippen molar-refractivity contribution in [2.45, 2.75) is 18.7 Å². The molecule has 3 N–H and O–H groups in total. The molecule has 4 aromatic rings. The number of nitrogens with one attached hydrogen (secondary N) is 1. The largest absolute Gasteiger partial charge is 0.357 e.